The van der Waals surface area contributed by atoms with Crippen molar-refractivity contribution in [1.29, 1.82) is 0 Å². The van der Waals surface area contributed by atoms with Gasteiger partial charge in [-0.05, 0) is 61.4 Å². The van der Waals surface area contributed by atoms with Crippen LogP contribution >= 0.6 is 0 Å². The highest BCUT2D eigenvalue weighted by atomic mass is 16.7. The van der Waals surface area contributed by atoms with Crippen LogP contribution in [-0.4, -0.2) is 36.9 Å². The number of allylic oxidation sites excluding steroid dienone is 3. The van der Waals surface area contributed by atoms with Crippen LogP contribution in [0, 0.1) is 0 Å². The number of carbonyl (C=O) groups excluding carboxylic acids is 2. The SMILES string of the molecule is CCCC(CC)OC(=O)C1=C(C)NC2=C(C(=O)CC(c3ccc4c(c3)OCO4)C2)C1c1cccc([NH3+])c1.CO. The third-order valence-corrected chi connectivity index (χ3v) is 7.54. The summed E-state index contributed by atoms with van der Waals surface area (Å²) in [6.45, 7) is 6.22. The molecular weight excluding hydrogens is 496 g/mol. The maximum absolute atomic E-state index is 13.8. The van der Waals surface area contributed by atoms with E-state index in [2.05, 4.69) is 18.0 Å². The molecule has 5 rings (SSSR count). The van der Waals surface area contributed by atoms with E-state index in [4.69, 9.17) is 19.3 Å². The van der Waals surface area contributed by atoms with Crippen molar-refractivity contribution in [2.24, 2.45) is 0 Å². The third-order valence-electron chi connectivity index (χ3n) is 7.54. The van der Waals surface area contributed by atoms with Crippen LogP contribution in [0.15, 0.2) is 65.0 Å². The summed E-state index contributed by atoms with van der Waals surface area (Å²) in [5, 5.41) is 10.4. The monoisotopic (exact) mass is 535 g/mol. The van der Waals surface area contributed by atoms with E-state index in [1.54, 1.807) is 0 Å². The molecule has 8 nitrogen and oxygen atoms in total. The predicted octanol–water partition coefficient (Wildman–Crippen LogP) is 4.38. The molecule has 2 aromatic carbocycles. The highest BCUT2D eigenvalue weighted by molar-refractivity contribution is 6.04. The van der Waals surface area contributed by atoms with Gasteiger partial charge in [-0.1, -0.05) is 38.5 Å². The Morgan fingerprint density at radius 2 is 1.87 bits per heavy atom. The van der Waals surface area contributed by atoms with Crippen molar-refractivity contribution in [1.82, 2.24) is 5.32 Å². The zero-order valence-corrected chi connectivity index (χ0v) is 23.2. The summed E-state index contributed by atoms with van der Waals surface area (Å²) in [5.41, 5.74) is 9.60. The van der Waals surface area contributed by atoms with Crippen LogP contribution in [0.2, 0.25) is 0 Å². The van der Waals surface area contributed by atoms with E-state index in [1.165, 1.54) is 0 Å². The Morgan fingerprint density at radius 3 is 2.59 bits per heavy atom. The molecule has 39 heavy (non-hydrogen) atoms. The smallest absolute Gasteiger partial charge is 0.337 e. The van der Waals surface area contributed by atoms with E-state index >= 15 is 0 Å². The van der Waals surface area contributed by atoms with Gasteiger partial charge in [-0.25, -0.2) is 4.79 Å². The van der Waals surface area contributed by atoms with Gasteiger partial charge in [0.1, 0.15) is 11.8 Å². The largest absolute Gasteiger partial charge is 0.459 e. The molecule has 3 atom stereocenters. The summed E-state index contributed by atoms with van der Waals surface area (Å²) in [4.78, 5) is 27.4. The fourth-order valence-electron chi connectivity index (χ4n) is 5.70. The summed E-state index contributed by atoms with van der Waals surface area (Å²) in [7, 11) is 1.00. The van der Waals surface area contributed by atoms with E-state index < -0.39 is 5.92 Å². The van der Waals surface area contributed by atoms with Crippen LogP contribution in [0.3, 0.4) is 0 Å². The number of dihydropyridines is 1. The van der Waals surface area contributed by atoms with Gasteiger partial charge in [0, 0.05) is 42.5 Å². The number of esters is 1. The highest BCUT2D eigenvalue weighted by Crippen LogP contribution is 2.47. The topological polar surface area (TPSA) is 122 Å². The Hall–Kier alpha value is -3.62. The predicted molar refractivity (Wildman–Crippen MR) is 147 cm³/mol. The average molecular weight is 536 g/mol. The fourth-order valence-corrected chi connectivity index (χ4v) is 5.70. The molecule has 5 N–H and O–H groups in total. The van der Waals surface area contributed by atoms with Crippen molar-refractivity contribution >= 4 is 17.4 Å². The number of aliphatic hydroxyl groups excluding tert-OH is 1. The number of nitrogens with one attached hydrogen (secondary N) is 1. The fraction of sp³-hybridized carbons (Fsp3) is 0.419. The number of benzene rings is 2. The van der Waals surface area contributed by atoms with Gasteiger partial charge in [-0.2, -0.15) is 0 Å². The van der Waals surface area contributed by atoms with Gasteiger partial charge in [0.15, 0.2) is 17.3 Å². The number of ether oxygens (including phenoxy) is 3. The molecule has 2 aromatic rings. The lowest BCUT2D eigenvalue weighted by atomic mass is 9.71. The molecule has 3 aliphatic rings. The molecule has 0 radical (unpaired) electrons. The van der Waals surface area contributed by atoms with Crippen LogP contribution in [0.4, 0.5) is 5.69 Å². The number of carbonyl (C=O) groups is 2. The zero-order chi connectivity index (χ0) is 28.1. The molecule has 2 aliphatic heterocycles. The molecule has 1 aliphatic carbocycles. The van der Waals surface area contributed by atoms with Crippen LogP contribution in [0.25, 0.3) is 0 Å². The number of ketones is 1. The number of quaternary nitrogens is 1. The Morgan fingerprint density at radius 1 is 1.10 bits per heavy atom. The summed E-state index contributed by atoms with van der Waals surface area (Å²) >= 11 is 0. The Kier molecular flexibility index (Phi) is 9.09. The normalized spacial score (nSPS) is 20.5. The lowest BCUT2D eigenvalue weighted by Crippen LogP contribution is -2.40. The maximum Gasteiger partial charge on any atom is 0.337 e. The van der Waals surface area contributed by atoms with Crippen LogP contribution in [0.1, 0.15) is 75.8 Å². The van der Waals surface area contributed by atoms with Crippen LogP contribution in [0.5, 0.6) is 11.5 Å². The van der Waals surface area contributed by atoms with Crippen molar-refractivity contribution in [2.75, 3.05) is 13.9 Å². The molecule has 208 valence electrons. The van der Waals surface area contributed by atoms with Crippen molar-refractivity contribution < 1.29 is 34.6 Å². The van der Waals surface area contributed by atoms with Gasteiger partial charge in [0.05, 0.1) is 5.57 Å². The molecule has 0 fully saturated rings. The molecule has 0 spiro atoms. The van der Waals surface area contributed by atoms with Crippen molar-refractivity contribution in [2.45, 2.75) is 70.8 Å². The second-order valence-corrected chi connectivity index (χ2v) is 10.1. The molecule has 3 unspecified atom stereocenters. The number of rotatable bonds is 7. The van der Waals surface area contributed by atoms with E-state index in [1.807, 2.05) is 56.3 Å². The van der Waals surface area contributed by atoms with E-state index in [9.17, 15) is 9.59 Å². The van der Waals surface area contributed by atoms with E-state index in [0.717, 1.165) is 60.3 Å². The van der Waals surface area contributed by atoms with Gasteiger partial charge < -0.3 is 30.4 Å². The minimum atomic E-state index is -0.491. The van der Waals surface area contributed by atoms with E-state index in [0.29, 0.717) is 29.7 Å². The molecule has 0 saturated heterocycles. The number of fused-ring (bicyclic) bond motifs is 1. The molecule has 0 saturated carbocycles. The summed E-state index contributed by atoms with van der Waals surface area (Å²) in [6.07, 6.45) is 3.37. The van der Waals surface area contributed by atoms with Gasteiger partial charge >= 0.3 is 5.97 Å². The number of hydrogen-bond donors (Lipinski definition) is 3. The summed E-state index contributed by atoms with van der Waals surface area (Å²) in [6, 6.07) is 13.7. The zero-order valence-electron chi connectivity index (χ0n) is 23.2. The number of hydrogen-bond acceptors (Lipinski definition) is 7. The van der Waals surface area contributed by atoms with Crippen molar-refractivity contribution in [3.63, 3.8) is 0 Å². The second-order valence-electron chi connectivity index (χ2n) is 10.1. The average Bonchev–Trinajstić information content (AvgIpc) is 3.41. The van der Waals surface area contributed by atoms with Gasteiger partial charge in [-0.15, -0.1) is 0 Å². The minimum Gasteiger partial charge on any atom is -0.459 e. The molecule has 8 heteroatoms. The minimum absolute atomic E-state index is 0.00315. The molecule has 2 heterocycles. The summed E-state index contributed by atoms with van der Waals surface area (Å²) in [5.74, 6) is 0.629. The van der Waals surface area contributed by atoms with E-state index in [-0.39, 0.29) is 30.6 Å². The third kappa shape index (κ3) is 5.87. The van der Waals surface area contributed by atoms with Gasteiger partial charge in [0.2, 0.25) is 6.79 Å². The molecular formula is C31H39N2O6+. The second kappa shape index (κ2) is 12.5. The van der Waals surface area contributed by atoms with Gasteiger partial charge in [-0.3, -0.25) is 4.79 Å². The lowest BCUT2D eigenvalue weighted by Gasteiger charge is -2.37. The quantitative estimate of drug-likeness (QED) is 0.450. The van der Waals surface area contributed by atoms with Gasteiger partial charge in [0.25, 0.3) is 0 Å². The van der Waals surface area contributed by atoms with Crippen LogP contribution < -0.4 is 20.5 Å². The maximum atomic E-state index is 13.8. The van der Waals surface area contributed by atoms with Crippen molar-refractivity contribution in [3.05, 3.63) is 76.1 Å². The molecule has 0 aromatic heterocycles. The number of aliphatic hydroxyl groups is 1. The number of Topliss-reactive ketones (excluding diaryl/α,β-unsaturated/α-hetero) is 1. The van der Waals surface area contributed by atoms with Crippen molar-refractivity contribution in [3.8, 4) is 11.5 Å². The first kappa shape index (κ1) is 28.4. The van der Waals surface area contributed by atoms with Crippen LogP contribution in [-0.2, 0) is 14.3 Å². The Balaban J connectivity index is 0.00000172. The first-order valence-electron chi connectivity index (χ1n) is 13.6. The standard InChI is InChI=1S/C30H34N2O5.CH4O/c1-4-7-22(5-2)37-30(34)27-17(3)32-23-13-20(18-10-11-25-26(15-18)36-16-35-25)14-24(33)29(23)28(27)19-8-6-9-21(31)12-19;1-2/h6,8-12,15,20,22,28,32H,4-5,7,13-14,16,31H2,1-3H3;2H,1H3/p+1. The Labute approximate surface area is 229 Å². The highest BCUT2D eigenvalue weighted by Gasteiger charge is 2.42. The first-order chi connectivity index (χ1) is 18.9. The molecule has 0 bridgehead atoms. The molecule has 0 amide bonds. The summed E-state index contributed by atoms with van der Waals surface area (Å²) < 4.78 is 17.0. The Bertz CT molecular complexity index is 1300. The lowest BCUT2D eigenvalue weighted by molar-refractivity contribution is -0.254. The first-order valence-corrected chi connectivity index (χ1v) is 13.6.